The Morgan fingerprint density at radius 3 is 2.71 bits per heavy atom. The Labute approximate surface area is 140 Å². The van der Waals surface area contributed by atoms with Crippen LogP contribution in [0.5, 0.6) is 0 Å². The van der Waals surface area contributed by atoms with Gasteiger partial charge >= 0.3 is 0 Å². The molecule has 6 heteroatoms. The molecule has 1 fully saturated rings. The van der Waals surface area contributed by atoms with Gasteiger partial charge in [0.2, 0.25) is 0 Å². The summed E-state index contributed by atoms with van der Waals surface area (Å²) in [5, 5.41) is 11.7. The number of nitrogens with one attached hydrogen (secondary N) is 1. The largest absolute Gasteiger partial charge is 0.378 e. The zero-order valence-corrected chi connectivity index (χ0v) is 13.2. The minimum Gasteiger partial charge on any atom is -0.378 e. The summed E-state index contributed by atoms with van der Waals surface area (Å²) in [5.41, 5.74) is 2.04. The molecule has 1 saturated heterocycles. The van der Waals surface area contributed by atoms with Gasteiger partial charge in [0.15, 0.2) is 0 Å². The fourth-order valence-corrected chi connectivity index (χ4v) is 2.60. The van der Waals surface area contributed by atoms with Gasteiger partial charge < -0.3 is 15.0 Å². The highest BCUT2D eigenvalue weighted by molar-refractivity contribution is 5.94. The number of carbonyl (C=O) groups excluding carboxylic acids is 1. The second-order valence-electron chi connectivity index (χ2n) is 5.46. The third-order valence-corrected chi connectivity index (χ3v) is 3.89. The van der Waals surface area contributed by atoms with E-state index in [1.807, 2.05) is 18.2 Å². The molecule has 2 heterocycles. The molecule has 0 aliphatic carbocycles. The molecule has 0 unspecified atom stereocenters. The fourth-order valence-electron chi connectivity index (χ4n) is 2.60. The molecule has 1 aromatic carbocycles. The minimum atomic E-state index is -0.170. The van der Waals surface area contributed by atoms with E-state index in [2.05, 4.69) is 15.2 Å². The Bertz CT molecular complexity index is 746. The molecular weight excluding hydrogens is 304 g/mol. The molecule has 1 amide bonds. The molecule has 1 aliphatic rings. The van der Waals surface area contributed by atoms with E-state index in [4.69, 9.17) is 10.00 Å². The zero-order chi connectivity index (χ0) is 16.8. The second kappa shape index (κ2) is 7.57. The number of aromatic nitrogens is 1. The van der Waals surface area contributed by atoms with Gasteiger partial charge in [-0.25, -0.2) is 4.98 Å². The van der Waals surface area contributed by atoms with Gasteiger partial charge in [-0.2, -0.15) is 5.26 Å². The van der Waals surface area contributed by atoms with E-state index in [0.29, 0.717) is 30.9 Å². The Hall–Kier alpha value is -2.91. The molecule has 0 radical (unpaired) electrons. The van der Waals surface area contributed by atoms with E-state index in [0.717, 1.165) is 24.5 Å². The van der Waals surface area contributed by atoms with E-state index >= 15 is 0 Å². The predicted molar refractivity (Wildman–Crippen MR) is 89.6 cm³/mol. The van der Waals surface area contributed by atoms with Crippen molar-refractivity contribution in [2.24, 2.45) is 0 Å². The van der Waals surface area contributed by atoms with Crippen LogP contribution in [0.3, 0.4) is 0 Å². The standard InChI is InChI=1S/C18H18N4O2/c19-12-14-3-5-15(6-4-14)18(23)21-13-16-2-1-7-20-17(16)22-8-10-24-11-9-22/h1-7H,8-11,13H2,(H,21,23). The third-order valence-electron chi connectivity index (χ3n) is 3.89. The smallest absolute Gasteiger partial charge is 0.251 e. The number of nitrogens with zero attached hydrogens (tertiary/aromatic N) is 3. The molecule has 1 aromatic heterocycles. The fraction of sp³-hybridized carbons (Fsp3) is 0.278. The van der Waals surface area contributed by atoms with Crippen molar-refractivity contribution in [3.63, 3.8) is 0 Å². The van der Waals surface area contributed by atoms with Crippen molar-refractivity contribution in [1.82, 2.24) is 10.3 Å². The number of ether oxygens (including phenoxy) is 1. The zero-order valence-electron chi connectivity index (χ0n) is 13.2. The summed E-state index contributed by atoms with van der Waals surface area (Å²) >= 11 is 0. The Kier molecular flexibility index (Phi) is 5.04. The number of carbonyl (C=O) groups is 1. The summed E-state index contributed by atoms with van der Waals surface area (Å²) < 4.78 is 5.37. The van der Waals surface area contributed by atoms with Gasteiger partial charge in [0.05, 0.1) is 24.8 Å². The lowest BCUT2D eigenvalue weighted by atomic mass is 10.1. The molecule has 1 N–H and O–H groups in total. The first-order valence-corrected chi connectivity index (χ1v) is 7.83. The van der Waals surface area contributed by atoms with E-state index in [1.165, 1.54) is 0 Å². The van der Waals surface area contributed by atoms with Crippen LogP contribution in [-0.2, 0) is 11.3 Å². The van der Waals surface area contributed by atoms with Crippen LogP contribution in [0.25, 0.3) is 0 Å². The van der Waals surface area contributed by atoms with Crippen LogP contribution >= 0.6 is 0 Å². The molecule has 6 nitrogen and oxygen atoms in total. The third kappa shape index (κ3) is 3.70. The van der Waals surface area contributed by atoms with E-state index in [1.54, 1.807) is 30.5 Å². The second-order valence-corrected chi connectivity index (χ2v) is 5.46. The van der Waals surface area contributed by atoms with Crippen molar-refractivity contribution < 1.29 is 9.53 Å². The number of morpholine rings is 1. The van der Waals surface area contributed by atoms with E-state index < -0.39 is 0 Å². The maximum absolute atomic E-state index is 12.3. The summed E-state index contributed by atoms with van der Waals surface area (Å²) in [4.78, 5) is 18.9. The summed E-state index contributed by atoms with van der Waals surface area (Å²) in [5.74, 6) is 0.720. The van der Waals surface area contributed by atoms with Gasteiger partial charge in [0.1, 0.15) is 5.82 Å². The number of pyridine rings is 1. The van der Waals surface area contributed by atoms with Crippen LogP contribution < -0.4 is 10.2 Å². The monoisotopic (exact) mass is 322 g/mol. The predicted octanol–water partition coefficient (Wildman–Crippen LogP) is 1.72. The number of benzene rings is 1. The summed E-state index contributed by atoms with van der Waals surface area (Å²) in [7, 11) is 0. The molecule has 1 aliphatic heterocycles. The van der Waals surface area contributed by atoms with Crippen molar-refractivity contribution in [2.75, 3.05) is 31.2 Å². The van der Waals surface area contributed by atoms with Crippen LogP contribution in [0.15, 0.2) is 42.6 Å². The Morgan fingerprint density at radius 1 is 1.25 bits per heavy atom. The van der Waals surface area contributed by atoms with Gasteiger partial charge in [-0.05, 0) is 30.3 Å². The topological polar surface area (TPSA) is 78.2 Å². The lowest BCUT2D eigenvalue weighted by Gasteiger charge is -2.29. The van der Waals surface area contributed by atoms with Crippen LogP contribution in [0, 0.1) is 11.3 Å². The number of anilines is 1. The van der Waals surface area contributed by atoms with Gasteiger partial charge in [-0.1, -0.05) is 6.07 Å². The highest BCUT2D eigenvalue weighted by Crippen LogP contribution is 2.18. The molecule has 0 spiro atoms. The van der Waals surface area contributed by atoms with Gasteiger partial charge in [-0.3, -0.25) is 4.79 Å². The maximum Gasteiger partial charge on any atom is 0.251 e. The molecule has 3 rings (SSSR count). The number of nitriles is 1. The van der Waals surface area contributed by atoms with Crippen LogP contribution in [0.1, 0.15) is 21.5 Å². The number of amides is 1. The molecule has 2 aromatic rings. The Morgan fingerprint density at radius 2 is 2.00 bits per heavy atom. The van der Waals surface area contributed by atoms with Crippen LogP contribution in [0.2, 0.25) is 0 Å². The van der Waals surface area contributed by atoms with Crippen LogP contribution in [-0.4, -0.2) is 37.2 Å². The summed E-state index contributed by atoms with van der Waals surface area (Å²) in [6.07, 6.45) is 1.76. The highest BCUT2D eigenvalue weighted by Gasteiger charge is 2.16. The van der Waals surface area contributed by atoms with Gasteiger partial charge in [0.25, 0.3) is 5.91 Å². The first kappa shape index (κ1) is 16.0. The average molecular weight is 322 g/mol. The Balaban J connectivity index is 1.67. The normalized spacial score (nSPS) is 14.0. The van der Waals surface area contributed by atoms with E-state index in [9.17, 15) is 4.79 Å². The minimum absolute atomic E-state index is 0.170. The van der Waals surface area contributed by atoms with Gasteiger partial charge in [-0.15, -0.1) is 0 Å². The highest BCUT2D eigenvalue weighted by atomic mass is 16.5. The SMILES string of the molecule is N#Cc1ccc(C(=O)NCc2cccnc2N2CCOCC2)cc1. The number of rotatable bonds is 4. The molecule has 0 saturated carbocycles. The van der Waals surface area contributed by atoms with Crippen molar-refractivity contribution >= 4 is 11.7 Å². The van der Waals surface area contributed by atoms with Crippen molar-refractivity contribution in [3.05, 3.63) is 59.3 Å². The molecule has 24 heavy (non-hydrogen) atoms. The lowest BCUT2D eigenvalue weighted by Crippen LogP contribution is -2.37. The number of hydrogen-bond acceptors (Lipinski definition) is 5. The number of hydrogen-bond donors (Lipinski definition) is 1. The quantitative estimate of drug-likeness (QED) is 0.927. The molecule has 122 valence electrons. The van der Waals surface area contributed by atoms with Crippen molar-refractivity contribution in [3.8, 4) is 6.07 Å². The first-order valence-electron chi connectivity index (χ1n) is 7.83. The van der Waals surface area contributed by atoms with Crippen molar-refractivity contribution in [1.29, 1.82) is 5.26 Å². The maximum atomic E-state index is 12.3. The van der Waals surface area contributed by atoms with E-state index in [-0.39, 0.29) is 5.91 Å². The van der Waals surface area contributed by atoms with Crippen molar-refractivity contribution in [2.45, 2.75) is 6.54 Å². The lowest BCUT2D eigenvalue weighted by molar-refractivity contribution is 0.0950. The molecule has 0 atom stereocenters. The van der Waals surface area contributed by atoms with Crippen LogP contribution in [0.4, 0.5) is 5.82 Å². The molecular formula is C18H18N4O2. The average Bonchev–Trinajstić information content (AvgIpc) is 2.67. The summed E-state index contributed by atoms with van der Waals surface area (Å²) in [6.45, 7) is 3.38. The summed E-state index contributed by atoms with van der Waals surface area (Å²) in [6, 6.07) is 12.5. The first-order chi connectivity index (χ1) is 11.8. The van der Waals surface area contributed by atoms with Gasteiger partial charge in [0, 0.05) is 37.0 Å². The molecule has 0 bridgehead atoms.